The van der Waals surface area contributed by atoms with E-state index >= 15 is 0 Å². The normalized spacial score (nSPS) is 10.9. The number of hydrogen-bond acceptors (Lipinski definition) is 5. The van der Waals surface area contributed by atoms with Gasteiger partial charge in [0.05, 0.1) is 17.1 Å². The molecule has 3 aromatic rings. The van der Waals surface area contributed by atoms with E-state index in [4.69, 9.17) is 0 Å². The molecule has 0 fully saturated rings. The zero-order valence-electron chi connectivity index (χ0n) is 12.9. The maximum absolute atomic E-state index is 12.4. The summed E-state index contributed by atoms with van der Waals surface area (Å²) < 4.78 is 3.97. The molecule has 2 aromatic heterocycles. The van der Waals surface area contributed by atoms with Gasteiger partial charge in [-0.3, -0.25) is 4.79 Å². The quantitative estimate of drug-likeness (QED) is 0.754. The van der Waals surface area contributed by atoms with Gasteiger partial charge in [-0.25, -0.2) is 4.98 Å². The number of benzene rings is 1. The molecule has 2 heterocycles. The lowest BCUT2D eigenvalue weighted by Gasteiger charge is -2.07. The second-order valence-corrected chi connectivity index (χ2v) is 6.28. The van der Waals surface area contributed by atoms with Crippen LogP contribution in [-0.2, 0) is 6.54 Å². The number of H-pyrrole nitrogens is 1. The van der Waals surface area contributed by atoms with Gasteiger partial charge in [-0.2, -0.15) is 0 Å². The molecule has 3 rings (SSSR count). The molecule has 0 saturated carbocycles. The molecule has 7 heteroatoms. The molecular weight excluding hydrogens is 310 g/mol. The van der Waals surface area contributed by atoms with E-state index in [1.165, 1.54) is 11.5 Å². The van der Waals surface area contributed by atoms with Gasteiger partial charge in [-0.15, -0.1) is 5.10 Å². The topological polar surface area (TPSA) is 83.6 Å². The largest absolute Gasteiger partial charge is 0.347 e. The van der Waals surface area contributed by atoms with Crippen LogP contribution in [0.2, 0.25) is 0 Å². The first-order valence-corrected chi connectivity index (χ1v) is 8.11. The highest BCUT2D eigenvalue weighted by atomic mass is 32.1. The summed E-state index contributed by atoms with van der Waals surface area (Å²) in [6.07, 6.45) is 3.44. The van der Waals surface area contributed by atoms with Crippen molar-refractivity contribution in [2.45, 2.75) is 26.3 Å². The van der Waals surface area contributed by atoms with Gasteiger partial charge < -0.3 is 10.3 Å². The minimum absolute atomic E-state index is 0.124. The van der Waals surface area contributed by atoms with Crippen molar-refractivity contribution in [2.24, 2.45) is 0 Å². The van der Waals surface area contributed by atoms with Crippen LogP contribution >= 0.6 is 11.5 Å². The molecule has 1 aromatic carbocycles. The molecule has 0 saturated heterocycles. The molecule has 0 unspecified atom stereocenters. The third-order valence-corrected chi connectivity index (χ3v) is 4.18. The van der Waals surface area contributed by atoms with Gasteiger partial charge in [-0.1, -0.05) is 30.5 Å². The summed E-state index contributed by atoms with van der Waals surface area (Å²) in [5, 5.41) is 7.05. The standard InChI is InChI=1S/C16H17N5OS/c1-10(2)14-13(23-21-20-14)9-19-16(22)12-5-3-4-11(8-12)15-17-6-7-18-15/h3-8,10H,9H2,1-2H3,(H,17,18)(H,19,22). The van der Waals surface area contributed by atoms with Crippen molar-refractivity contribution in [3.63, 3.8) is 0 Å². The molecule has 6 nitrogen and oxygen atoms in total. The Bertz CT molecular complexity index is 794. The number of aromatic nitrogens is 4. The van der Waals surface area contributed by atoms with Gasteiger partial charge in [0.1, 0.15) is 5.82 Å². The lowest BCUT2D eigenvalue weighted by atomic mass is 10.1. The number of nitrogens with zero attached hydrogens (tertiary/aromatic N) is 3. The van der Waals surface area contributed by atoms with E-state index in [1.807, 2.05) is 18.2 Å². The molecule has 0 spiro atoms. The summed E-state index contributed by atoms with van der Waals surface area (Å²) in [4.78, 5) is 20.6. The molecule has 0 aliphatic heterocycles. The summed E-state index contributed by atoms with van der Waals surface area (Å²) in [7, 11) is 0. The first kappa shape index (κ1) is 15.4. The predicted molar refractivity (Wildman–Crippen MR) is 89.2 cm³/mol. The molecule has 23 heavy (non-hydrogen) atoms. The summed E-state index contributed by atoms with van der Waals surface area (Å²) >= 11 is 1.33. The maximum atomic E-state index is 12.4. The fraction of sp³-hybridized carbons (Fsp3) is 0.250. The van der Waals surface area contributed by atoms with Gasteiger partial charge in [-0.05, 0) is 29.6 Å². The van der Waals surface area contributed by atoms with Crippen molar-refractivity contribution in [2.75, 3.05) is 0 Å². The second kappa shape index (κ2) is 6.70. The minimum atomic E-state index is -0.124. The van der Waals surface area contributed by atoms with Gasteiger partial charge in [0.15, 0.2) is 0 Å². The number of amides is 1. The average molecular weight is 327 g/mol. The zero-order valence-corrected chi connectivity index (χ0v) is 13.7. The van der Waals surface area contributed by atoms with Crippen LogP contribution in [-0.4, -0.2) is 25.5 Å². The zero-order chi connectivity index (χ0) is 16.2. The van der Waals surface area contributed by atoms with Crippen LogP contribution in [0, 0.1) is 0 Å². The first-order valence-electron chi connectivity index (χ1n) is 7.34. The van der Waals surface area contributed by atoms with Crippen LogP contribution in [0.3, 0.4) is 0 Å². The van der Waals surface area contributed by atoms with Gasteiger partial charge in [0, 0.05) is 23.5 Å². The minimum Gasteiger partial charge on any atom is -0.347 e. The Morgan fingerprint density at radius 1 is 1.39 bits per heavy atom. The molecule has 0 atom stereocenters. The number of aromatic amines is 1. The summed E-state index contributed by atoms with van der Waals surface area (Å²) in [6.45, 7) is 4.57. The third kappa shape index (κ3) is 3.45. The van der Waals surface area contributed by atoms with Gasteiger partial charge >= 0.3 is 0 Å². The fourth-order valence-electron chi connectivity index (χ4n) is 2.27. The lowest BCUT2D eigenvalue weighted by molar-refractivity contribution is 0.0951. The van der Waals surface area contributed by atoms with Crippen LogP contribution in [0.4, 0.5) is 0 Å². The van der Waals surface area contributed by atoms with E-state index in [-0.39, 0.29) is 5.91 Å². The number of imidazole rings is 1. The second-order valence-electron chi connectivity index (χ2n) is 5.44. The lowest BCUT2D eigenvalue weighted by Crippen LogP contribution is -2.23. The number of nitrogens with one attached hydrogen (secondary N) is 2. The Morgan fingerprint density at radius 2 is 2.26 bits per heavy atom. The SMILES string of the molecule is CC(C)c1nnsc1CNC(=O)c1cccc(-c2ncc[nH]2)c1. The highest BCUT2D eigenvalue weighted by Crippen LogP contribution is 2.20. The van der Waals surface area contributed by atoms with E-state index in [1.54, 1.807) is 18.5 Å². The molecule has 0 bridgehead atoms. The van der Waals surface area contributed by atoms with Crippen LogP contribution < -0.4 is 5.32 Å². The Morgan fingerprint density at radius 3 is 3.00 bits per heavy atom. The van der Waals surface area contributed by atoms with Crippen molar-refractivity contribution >= 4 is 17.4 Å². The molecule has 0 aliphatic carbocycles. The number of hydrogen-bond donors (Lipinski definition) is 2. The van der Waals surface area contributed by atoms with Crippen molar-refractivity contribution in [3.05, 3.63) is 52.8 Å². The summed E-state index contributed by atoms with van der Waals surface area (Å²) in [5.74, 6) is 0.915. The van der Waals surface area contributed by atoms with Crippen molar-refractivity contribution < 1.29 is 4.79 Å². The molecule has 0 aliphatic rings. The number of carbonyl (C=O) groups is 1. The fourth-order valence-corrected chi connectivity index (χ4v) is 3.00. The van der Waals surface area contributed by atoms with E-state index in [0.29, 0.717) is 18.0 Å². The predicted octanol–water partition coefficient (Wildman–Crippen LogP) is 2.98. The van der Waals surface area contributed by atoms with E-state index < -0.39 is 0 Å². The van der Waals surface area contributed by atoms with Crippen molar-refractivity contribution in [1.29, 1.82) is 0 Å². The van der Waals surface area contributed by atoms with E-state index in [9.17, 15) is 4.79 Å². The molecule has 0 radical (unpaired) electrons. The van der Waals surface area contributed by atoms with E-state index in [2.05, 4.69) is 38.7 Å². The molecular formula is C16H17N5OS. The van der Waals surface area contributed by atoms with Crippen LogP contribution in [0.25, 0.3) is 11.4 Å². The number of rotatable bonds is 5. The highest BCUT2D eigenvalue weighted by Gasteiger charge is 2.13. The van der Waals surface area contributed by atoms with Crippen LogP contribution in [0.1, 0.15) is 40.7 Å². The van der Waals surface area contributed by atoms with Crippen molar-refractivity contribution in [3.8, 4) is 11.4 Å². The smallest absolute Gasteiger partial charge is 0.251 e. The Kier molecular flexibility index (Phi) is 4.47. The molecule has 2 N–H and O–H groups in total. The van der Waals surface area contributed by atoms with Crippen molar-refractivity contribution in [1.82, 2.24) is 24.9 Å². The molecule has 118 valence electrons. The van der Waals surface area contributed by atoms with E-state index in [0.717, 1.165) is 22.0 Å². The van der Waals surface area contributed by atoms with Gasteiger partial charge in [0.2, 0.25) is 0 Å². The Hall–Kier alpha value is -2.54. The summed E-state index contributed by atoms with van der Waals surface area (Å²) in [5.41, 5.74) is 2.42. The van der Waals surface area contributed by atoms with Crippen LogP contribution in [0.15, 0.2) is 36.7 Å². The summed E-state index contributed by atoms with van der Waals surface area (Å²) in [6, 6.07) is 7.37. The Balaban J connectivity index is 1.71. The molecule has 1 amide bonds. The maximum Gasteiger partial charge on any atom is 0.251 e. The van der Waals surface area contributed by atoms with Gasteiger partial charge in [0.25, 0.3) is 5.91 Å². The first-order chi connectivity index (χ1) is 11.1. The van der Waals surface area contributed by atoms with Crippen LogP contribution in [0.5, 0.6) is 0 Å². The monoisotopic (exact) mass is 327 g/mol. The average Bonchev–Trinajstić information content (AvgIpc) is 3.24. The Labute approximate surface area is 138 Å². The number of carbonyl (C=O) groups excluding carboxylic acids is 1. The third-order valence-electron chi connectivity index (χ3n) is 3.44. The highest BCUT2D eigenvalue weighted by molar-refractivity contribution is 7.05.